The minimum Gasteiger partial charge on any atom is -0.377 e. The van der Waals surface area contributed by atoms with Crippen molar-refractivity contribution < 1.29 is 4.74 Å². The van der Waals surface area contributed by atoms with Gasteiger partial charge in [-0.1, -0.05) is 20.3 Å². The molecule has 2 atom stereocenters. The van der Waals surface area contributed by atoms with Gasteiger partial charge in [0.1, 0.15) is 0 Å². The molecule has 2 unspecified atom stereocenters. The van der Waals surface area contributed by atoms with Gasteiger partial charge in [0.15, 0.2) is 0 Å². The molecule has 74 valence electrons. The molecule has 0 aliphatic carbocycles. The average molecular weight is 173 g/mol. The monoisotopic (exact) mass is 173 g/mol. The van der Waals surface area contributed by atoms with E-state index in [0.29, 0.717) is 18.1 Å². The standard InChI is InChI=1S/C10H23NO/c1-6-9(4)10(11-5)7-12-8(2)3/h8-11H,6-7H2,1-5H3. The molecule has 0 rings (SSSR count). The minimum atomic E-state index is 0.338. The van der Waals surface area contributed by atoms with Gasteiger partial charge in [0.05, 0.1) is 12.7 Å². The Morgan fingerprint density at radius 3 is 2.17 bits per heavy atom. The smallest absolute Gasteiger partial charge is 0.0625 e. The van der Waals surface area contributed by atoms with Crippen LogP contribution in [0.1, 0.15) is 34.1 Å². The lowest BCUT2D eigenvalue weighted by Gasteiger charge is -2.23. The van der Waals surface area contributed by atoms with Crippen molar-refractivity contribution in [2.24, 2.45) is 5.92 Å². The van der Waals surface area contributed by atoms with Gasteiger partial charge >= 0.3 is 0 Å². The molecular weight excluding hydrogens is 150 g/mol. The number of rotatable bonds is 6. The zero-order valence-electron chi connectivity index (χ0n) is 9.05. The molecule has 0 aromatic carbocycles. The molecule has 0 heterocycles. The first-order chi connectivity index (χ1) is 5.61. The van der Waals surface area contributed by atoms with E-state index in [-0.39, 0.29) is 0 Å². The lowest BCUT2D eigenvalue weighted by molar-refractivity contribution is 0.0514. The van der Waals surface area contributed by atoms with Gasteiger partial charge in [0, 0.05) is 6.04 Å². The summed E-state index contributed by atoms with van der Waals surface area (Å²) in [5.41, 5.74) is 0. The highest BCUT2D eigenvalue weighted by Crippen LogP contribution is 2.08. The fourth-order valence-corrected chi connectivity index (χ4v) is 1.11. The minimum absolute atomic E-state index is 0.338. The normalized spacial score (nSPS) is 16.5. The summed E-state index contributed by atoms with van der Waals surface area (Å²) in [5, 5.41) is 3.28. The van der Waals surface area contributed by atoms with Crippen molar-refractivity contribution in [1.29, 1.82) is 0 Å². The van der Waals surface area contributed by atoms with Gasteiger partial charge in [-0.05, 0) is 26.8 Å². The molecule has 0 fully saturated rings. The van der Waals surface area contributed by atoms with E-state index in [1.807, 2.05) is 7.05 Å². The molecule has 0 aliphatic rings. The van der Waals surface area contributed by atoms with Gasteiger partial charge in [0.2, 0.25) is 0 Å². The van der Waals surface area contributed by atoms with E-state index in [1.54, 1.807) is 0 Å². The van der Waals surface area contributed by atoms with Gasteiger partial charge in [-0.2, -0.15) is 0 Å². The van der Waals surface area contributed by atoms with Gasteiger partial charge in [0.25, 0.3) is 0 Å². The summed E-state index contributed by atoms with van der Waals surface area (Å²) in [6.07, 6.45) is 1.54. The Kier molecular flexibility index (Phi) is 6.39. The van der Waals surface area contributed by atoms with E-state index in [9.17, 15) is 0 Å². The van der Waals surface area contributed by atoms with Crippen molar-refractivity contribution in [1.82, 2.24) is 5.32 Å². The van der Waals surface area contributed by atoms with Crippen LogP contribution in [0, 0.1) is 5.92 Å². The van der Waals surface area contributed by atoms with E-state index < -0.39 is 0 Å². The van der Waals surface area contributed by atoms with E-state index in [0.717, 1.165) is 6.61 Å². The third-order valence-electron chi connectivity index (χ3n) is 2.31. The first kappa shape index (κ1) is 11.9. The maximum absolute atomic E-state index is 5.56. The zero-order chi connectivity index (χ0) is 9.56. The van der Waals surface area contributed by atoms with Crippen LogP contribution in [0.2, 0.25) is 0 Å². The number of hydrogen-bond acceptors (Lipinski definition) is 2. The molecule has 0 aliphatic heterocycles. The third-order valence-corrected chi connectivity index (χ3v) is 2.31. The summed E-state index contributed by atoms with van der Waals surface area (Å²) >= 11 is 0. The molecule has 0 saturated heterocycles. The predicted molar refractivity (Wildman–Crippen MR) is 53.4 cm³/mol. The van der Waals surface area contributed by atoms with Crippen LogP contribution >= 0.6 is 0 Å². The van der Waals surface area contributed by atoms with Crippen LogP contribution in [0.3, 0.4) is 0 Å². The summed E-state index contributed by atoms with van der Waals surface area (Å²) < 4.78 is 5.56. The lowest BCUT2D eigenvalue weighted by Crippen LogP contribution is -2.37. The number of nitrogens with one attached hydrogen (secondary N) is 1. The van der Waals surface area contributed by atoms with Gasteiger partial charge in [-0.3, -0.25) is 0 Å². The number of likely N-dealkylation sites (N-methyl/N-ethyl adjacent to an activating group) is 1. The predicted octanol–water partition coefficient (Wildman–Crippen LogP) is 2.05. The van der Waals surface area contributed by atoms with Crippen LogP contribution in [-0.4, -0.2) is 25.8 Å². The molecule has 0 saturated carbocycles. The molecule has 1 N–H and O–H groups in total. The summed E-state index contributed by atoms with van der Waals surface area (Å²) in [7, 11) is 2.00. The Bertz CT molecular complexity index is 104. The van der Waals surface area contributed by atoms with E-state index in [1.165, 1.54) is 6.42 Å². The quantitative estimate of drug-likeness (QED) is 0.663. The highest BCUT2D eigenvalue weighted by molar-refractivity contribution is 4.70. The first-order valence-electron chi connectivity index (χ1n) is 4.90. The Morgan fingerprint density at radius 1 is 1.25 bits per heavy atom. The van der Waals surface area contributed by atoms with Gasteiger partial charge in [-0.15, -0.1) is 0 Å². The lowest BCUT2D eigenvalue weighted by atomic mass is 10.0. The maximum Gasteiger partial charge on any atom is 0.0625 e. The Balaban J connectivity index is 3.67. The van der Waals surface area contributed by atoms with Crippen LogP contribution in [0.4, 0.5) is 0 Å². The van der Waals surface area contributed by atoms with Crippen LogP contribution in [-0.2, 0) is 4.74 Å². The van der Waals surface area contributed by atoms with Gasteiger partial charge in [-0.25, -0.2) is 0 Å². The second kappa shape index (κ2) is 6.44. The highest BCUT2D eigenvalue weighted by Gasteiger charge is 2.13. The molecule has 2 heteroatoms. The van der Waals surface area contributed by atoms with Crippen LogP contribution < -0.4 is 5.32 Å². The summed E-state index contributed by atoms with van der Waals surface area (Å²) in [6.45, 7) is 9.44. The molecule has 0 radical (unpaired) electrons. The molecule has 2 nitrogen and oxygen atoms in total. The Labute approximate surface area is 76.7 Å². The molecule has 0 aromatic heterocycles. The van der Waals surface area contributed by atoms with E-state index >= 15 is 0 Å². The second-order valence-corrected chi connectivity index (χ2v) is 3.66. The fraction of sp³-hybridized carbons (Fsp3) is 1.00. The van der Waals surface area contributed by atoms with Crippen molar-refractivity contribution in [3.05, 3.63) is 0 Å². The van der Waals surface area contributed by atoms with Crippen molar-refractivity contribution in [3.63, 3.8) is 0 Å². The molecule has 0 bridgehead atoms. The largest absolute Gasteiger partial charge is 0.377 e. The summed E-state index contributed by atoms with van der Waals surface area (Å²) in [5.74, 6) is 0.689. The number of hydrogen-bond donors (Lipinski definition) is 1. The van der Waals surface area contributed by atoms with Crippen molar-refractivity contribution >= 4 is 0 Å². The van der Waals surface area contributed by atoms with Crippen LogP contribution in [0.15, 0.2) is 0 Å². The van der Waals surface area contributed by atoms with Crippen LogP contribution in [0.25, 0.3) is 0 Å². The average Bonchev–Trinajstić information content (AvgIpc) is 2.04. The van der Waals surface area contributed by atoms with Crippen molar-refractivity contribution in [2.45, 2.75) is 46.3 Å². The summed E-state index contributed by atoms with van der Waals surface area (Å²) in [6, 6.07) is 0.498. The van der Waals surface area contributed by atoms with Crippen molar-refractivity contribution in [2.75, 3.05) is 13.7 Å². The fourth-order valence-electron chi connectivity index (χ4n) is 1.11. The molecule has 12 heavy (non-hydrogen) atoms. The molecule has 0 amide bonds. The molecule has 0 aromatic rings. The summed E-state index contributed by atoms with van der Waals surface area (Å²) in [4.78, 5) is 0. The first-order valence-corrected chi connectivity index (χ1v) is 4.90. The topological polar surface area (TPSA) is 21.3 Å². The van der Waals surface area contributed by atoms with E-state index in [2.05, 4.69) is 33.0 Å². The van der Waals surface area contributed by atoms with Gasteiger partial charge < -0.3 is 10.1 Å². The second-order valence-electron chi connectivity index (χ2n) is 3.66. The maximum atomic E-state index is 5.56. The molecule has 0 spiro atoms. The van der Waals surface area contributed by atoms with E-state index in [4.69, 9.17) is 4.74 Å². The SMILES string of the molecule is CCC(C)C(COC(C)C)NC. The Morgan fingerprint density at radius 2 is 1.83 bits per heavy atom. The highest BCUT2D eigenvalue weighted by atomic mass is 16.5. The Hall–Kier alpha value is -0.0800. The molecular formula is C10H23NO. The van der Waals surface area contributed by atoms with Crippen molar-refractivity contribution in [3.8, 4) is 0 Å². The number of ether oxygens (including phenoxy) is 1. The van der Waals surface area contributed by atoms with Crippen LogP contribution in [0.5, 0.6) is 0 Å². The third kappa shape index (κ3) is 4.73. The zero-order valence-corrected chi connectivity index (χ0v) is 9.05.